The van der Waals surface area contributed by atoms with E-state index in [2.05, 4.69) is 45.0 Å². The van der Waals surface area contributed by atoms with Gasteiger partial charge in [-0.15, -0.1) is 0 Å². The van der Waals surface area contributed by atoms with Crippen LogP contribution < -0.4 is 0 Å². The third kappa shape index (κ3) is 0.987. The Morgan fingerprint density at radius 3 is 2.20 bits per heavy atom. The molecule has 0 aromatic carbocycles. The van der Waals surface area contributed by atoms with Crippen molar-refractivity contribution in [2.45, 2.75) is 6.04 Å². The molecule has 1 saturated carbocycles. The lowest BCUT2D eigenvalue weighted by Gasteiger charge is -2.15. The maximum atomic E-state index is 2.43. The fraction of sp³-hybridized carbons (Fsp3) is 1.00. The smallest absolute Gasteiger partial charge is 0.0201 e. The van der Waals surface area contributed by atoms with Crippen LogP contribution in [0.2, 0.25) is 0 Å². The first-order chi connectivity index (χ1) is 4.70. The molecule has 0 bridgehead atoms. The van der Waals surface area contributed by atoms with Crippen molar-refractivity contribution in [3.05, 3.63) is 0 Å². The van der Waals surface area contributed by atoms with Gasteiger partial charge in [0.2, 0.25) is 0 Å². The van der Waals surface area contributed by atoms with Crippen molar-refractivity contribution >= 4 is 22.9 Å². The Morgan fingerprint density at radius 2 is 1.80 bits per heavy atom. The van der Waals surface area contributed by atoms with Crippen molar-refractivity contribution in [2.75, 3.05) is 27.2 Å². The third-order valence-electron chi connectivity index (χ3n) is 2.70. The van der Waals surface area contributed by atoms with Crippen LogP contribution in [0.4, 0.5) is 0 Å². The first-order valence-electron chi connectivity index (χ1n) is 3.77. The first-order valence-corrected chi connectivity index (χ1v) is 4.74. The van der Waals surface area contributed by atoms with E-state index in [0.29, 0.717) is 0 Å². The SMILES string of the molecule is CN(C)C1[C@H]2CN(I)C[C@@H]12. The highest BCUT2D eigenvalue weighted by Crippen LogP contribution is 2.48. The maximum absolute atomic E-state index is 2.43. The Bertz CT molecular complexity index is 137. The minimum atomic E-state index is 0.908. The van der Waals surface area contributed by atoms with Crippen molar-refractivity contribution in [3.63, 3.8) is 0 Å². The fourth-order valence-corrected chi connectivity index (χ4v) is 3.12. The topological polar surface area (TPSA) is 6.48 Å². The predicted molar refractivity (Wildman–Crippen MR) is 50.0 cm³/mol. The second-order valence-corrected chi connectivity index (χ2v) is 4.97. The van der Waals surface area contributed by atoms with Crippen LogP contribution >= 0.6 is 22.9 Å². The van der Waals surface area contributed by atoms with E-state index in [-0.39, 0.29) is 0 Å². The normalized spacial score (nSPS) is 46.2. The van der Waals surface area contributed by atoms with E-state index in [1.165, 1.54) is 13.1 Å². The van der Waals surface area contributed by atoms with Crippen LogP contribution in [0.5, 0.6) is 0 Å². The molecular formula is C7H13IN2. The summed E-state index contributed by atoms with van der Waals surface area (Å²) in [5.74, 6) is 1.98. The van der Waals surface area contributed by atoms with Crippen molar-refractivity contribution in [1.29, 1.82) is 0 Å². The van der Waals surface area contributed by atoms with Gasteiger partial charge in [0.05, 0.1) is 0 Å². The zero-order valence-corrected chi connectivity index (χ0v) is 8.58. The summed E-state index contributed by atoms with van der Waals surface area (Å²) in [5, 5.41) is 0. The Hall–Kier alpha value is 0.650. The molecule has 0 amide bonds. The van der Waals surface area contributed by atoms with Gasteiger partial charge >= 0.3 is 0 Å². The summed E-state index contributed by atoms with van der Waals surface area (Å²) in [6, 6.07) is 0.908. The zero-order valence-electron chi connectivity index (χ0n) is 6.42. The van der Waals surface area contributed by atoms with Gasteiger partial charge in [-0.05, 0) is 25.9 Å². The van der Waals surface area contributed by atoms with E-state index in [1.807, 2.05) is 0 Å². The minimum absolute atomic E-state index is 0.908. The molecule has 1 unspecified atom stereocenters. The highest BCUT2D eigenvalue weighted by atomic mass is 127. The van der Waals surface area contributed by atoms with Crippen LogP contribution in [0.1, 0.15) is 0 Å². The Morgan fingerprint density at radius 1 is 1.30 bits per heavy atom. The van der Waals surface area contributed by atoms with Crippen LogP contribution in [0.3, 0.4) is 0 Å². The van der Waals surface area contributed by atoms with E-state index in [9.17, 15) is 0 Å². The largest absolute Gasteiger partial charge is 0.306 e. The van der Waals surface area contributed by atoms with E-state index >= 15 is 0 Å². The fourth-order valence-electron chi connectivity index (χ4n) is 2.21. The van der Waals surface area contributed by atoms with Gasteiger partial charge in [-0.2, -0.15) is 0 Å². The molecular weight excluding hydrogens is 239 g/mol. The maximum Gasteiger partial charge on any atom is 0.0201 e. The highest BCUT2D eigenvalue weighted by Gasteiger charge is 2.56. The van der Waals surface area contributed by atoms with Gasteiger partial charge < -0.3 is 4.90 Å². The molecule has 2 aliphatic rings. The monoisotopic (exact) mass is 252 g/mol. The lowest BCUT2D eigenvalue weighted by Crippen LogP contribution is -2.25. The molecule has 1 saturated heterocycles. The van der Waals surface area contributed by atoms with Crippen LogP contribution in [0, 0.1) is 11.8 Å². The van der Waals surface area contributed by atoms with Crippen molar-refractivity contribution in [2.24, 2.45) is 11.8 Å². The standard InChI is InChI=1S/C7H13IN2/c1-9(2)7-5-3-10(8)4-6(5)7/h5-7H,3-4H2,1-2H3/t5-,6+,7?. The second-order valence-electron chi connectivity index (χ2n) is 3.61. The summed E-state index contributed by atoms with van der Waals surface area (Å²) in [6.07, 6.45) is 0. The molecule has 0 aromatic heterocycles. The molecule has 3 heteroatoms. The van der Waals surface area contributed by atoms with Crippen LogP contribution in [-0.4, -0.2) is 41.2 Å². The molecule has 1 aliphatic carbocycles. The predicted octanol–water partition coefficient (Wildman–Crippen LogP) is 0.828. The molecule has 10 heavy (non-hydrogen) atoms. The Kier molecular flexibility index (Phi) is 1.69. The number of nitrogens with zero attached hydrogens (tertiary/aromatic N) is 2. The van der Waals surface area contributed by atoms with Gasteiger partial charge in [-0.3, -0.25) is 0 Å². The molecule has 0 spiro atoms. The van der Waals surface area contributed by atoms with Crippen molar-refractivity contribution < 1.29 is 0 Å². The van der Waals surface area contributed by atoms with Crippen LogP contribution in [-0.2, 0) is 0 Å². The van der Waals surface area contributed by atoms with E-state index < -0.39 is 0 Å². The van der Waals surface area contributed by atoms with Gasteiger partial charge in [-0.25, -0.2) is 3.11 Å². The number of halogens is 1. The summed E-state index contributed by atoms with van der Waals surface area (Å²) >= 11 is 2.43. The van der Waals surface area contributed by atoms with Gasteiger partial charge in [0.15, 0.2) is 0 Å². The molecule has 2 nitrogen and oxygen atoms in total. The summed E-state index contributed by atoms with van der Waals surface area (Å²) < 4.78 is 2.41. The molecule has 58 valence electrons. The Balaban J connectivity index is 1.92. The number of fused-ring (bicyclic) bond motifs is 1. The van der Waals surface area contributed by atoms with Gasteiger partial charge in [0.1, 0.15) is 0 Å². The summed E-state index contributed by atoms with van der Waals surface area (Å²) in [5.41, 5.74) is 0. The molecule has 0 N–H and O–H groups in total. The molecule has 0 radical (unpaired) electrons. The highest BCUT2D eigenvalue weighted by molar-refractivity contribution is 14.1. The number of hydrogen-bond acceptors (Lipinski definition) is 2. The first kappa shape index (κ1) is 7.31. The van der Waals surface area contributed by atoms with Gasteiger partial charge in [0, 0.05) is 42.0 Å². The minimum Gasteiger partial charge on any atom is -0.306 e. The number of piperidine rings is 1. The molecule has 1 aliphatic heterocycles. The van der Waals surface area contributed by atoms with Gasteiger partial charge in [0.25, 0.3) is 0 Å². The Labute approximate surface area is 76.1 Å². The quantitative estimate of drug-likeness (QED) is 0.503. The second kappa shape index (κ2) is 2.32. The number of hydrogen-bond donors (Lipinski definition) is 0. The lowest BCUT2D eigenvalue weighted by molar-refractivity contribution is 0.331. The summed E-state index contributed by atoms with van der Waals surface area (Å²) in [6.45, 7) is 2.63. The van der Waals surface area contributed by atoms with Crippen molar-refractivity contribution in [3.8, 4) is 0 Å². The zero-order chi connectivity index (χ0) is 7.30. The molecule has 1 heterocycles. The van der Waals surface area contributed by atoms with Crippen molar-refractivity contribution in [1.82, 2.24) is 8.01 Å². The molecule has 2 fully saturated rings. The van der Waals surface area contributed by atoms with E-state index in [4.69, 9.17) is 0 Å². The average molecular weight is 252 g/mol. The van der Waals surface area contributed by atoms with E-state index in [0.717, 1.165) is 17.9 Å². The van der Waals surface area contributed by atoms with Crippen LogP contribution in [0.15, 0.2) is 0 Å². The lowest BCUT2D eigenvalue weighted by atomic mass is 10.4. The van der Waals surface area contributed by atoms with Crippen LogP contribution in [0.25, 0.3) is 0 Å². The molecule has 2 rings (SSSR count). The number of rotatable bonds is 1. The third-order valence-corrected chi connectivity index (χ3v) is 3.49. The van der Waals surface area contributed by atoms with E-state index in [1.54, 1.807) is 0 Å². The molecule has 3 atom stereocenters. The average Bonchev–Trinajstić information content (AvgIpc) is 2.32. The molecule has 0 aromatic rings. The summed E-state index contributed by atoms with van der Waals surface area (Å²) in [7, 11) is 4.39. The van der Waals surface area contributed by atoms with Gasteiger partial charge in [-0.1, -0.05) is 0 Å². The summed E-state index contributed by atoms with van der Waals surface area (Å²) in [4.78, 5) is 2.37.